The summed E-state index contributed by atoms with van der Waals surface area (Å²) in [5.74, 6) is -0.389. The van der Waals surface area contributed by atoms with E-state index in [1.54, 1.807) is 53.4 Å². The van der Waals surface area contributed by atoms with Gasteiger partial charge in [0.1, 0.15) is 0 Å². The van der Waals surface area contributed by atoms with Gasteiger partial charge in [-0.3, -0.25) is 14.4 Å². The second-order valence-electron chi connectivity index (χ2n) is 9.33. The van der Waals surface area contributed by atoms with Crippen LogP contribution in [0.25, 0.3) is 0 Å². The van der Waals surface area contributed by atoms with Gasteiger partial charge >= 0.3 is 0 Å². The summed E-state index contributed by atoms with van der Waals surface area (Å²) >= 11 is 5.87. The molecule has 2 aromatic carbocycles. The van der Waals surface area contributed by atoms with Gasteiger partial charge < -0.3 is 15.5 Å². The minimum atomic E-state index is -0.241. The molecule has 2 fully saturated rings. The first kappa shape index (κ1) is 24.3. The van der Waals surface area contributed by atoms with E-state index in [9.17, 15) is 14.4 Å². The number of nitrogens with zero attached hydrogens (tertiary/aromatic N) is 1. The van der Waals surface area contributed by atoms with Crippen molar-refractivity contribution in [2.75, 3.05) is 18.4 Å². The van der Waals surface area contributed by atoms with Gasteiger partial charge in [0, 0.05) is 41.0 Å². The molecule has 1 saturated carbocycles. The molecule has 6 nitrogen and oxygen atoms in total. The summed E-state index contributed by atoms with van der Waals surface area (Å²) in [5, 5.41) is 6.64. The maximum absolute atomic E-state index is 13.1. The number of rotatable bonds is 5. The molecule has 34 heavy (non-hydrogen) atoms. The third-order valence-corrected chi connectivity index (χ3v) is 7.03. The lowest BCUT2D eigenvalue weighted by Crippen LogP contribution is -2.47. The Labute approximate surface area is 206 Å². The fourth-order valence-corrected chi connectivity index (χ4v) is 4.93. The SMILES string of the molecule is O=C(Nc1ccc(C(=O)N2CCC[C@@H](C(=O)NC3CCCCCC3)C2)cc1)c1ccc(Cl)cc1. The highest BCUT2D eigenvalue weighted by Crippen LogP contribution is 2.22. The van der Waals surface area contributed by atoms with Gasteiger partial charge in [-0.15, -0.1) is 0 Å². The Balaban J connectivity index is 1.32. The van der Waals surface area contributed by atoms with Crippen LogP contribution in [-0.2, 0) is 4.79 Å². The van der Waals surface area contributed by atoms with Crippen LogP contribution in [0.3, 0.4) is 0 Å². The van der Waals surface area contributed by atoms with Crippen molar-refractivity contribution >= 4 is 35.0 Å². The summed E-state index contributed by atoms with van der Waals surface area (Å²) < 4.78 is 0. The van der Waals surface area contributed by atoms with Gasteiger partial charge in [0.05, 0.1) is 5.92 Å². The highest BCUT2D eigenvalue weighted by molar-refractivity contribution is 6.30. The van der Waals surface area contributed by atoms with Crippen LogP contribution in [0.2, 0.25) is 5.02 Å². The molecule has 2 N–H and O–H groups in total. The zero-order chi connectivity index (χ0) is 23.9. The molecule has 1 atom stereocenters. The summed E-state index contributed by atoms with van der Waals surface area (Å²) in [6, 6.07) is 13.8. The van der Waals surface area contributed by atoms with Gasteiger partial charge in [-0.25, -0.2) is 0 Å². The van der Waals surface area contributed by atoms with Crippen LogP contribution in [-0.4, -0.2) is 41.8 Å². The van der Waals surface area contributed by atoms with Gasteiger partial charge in [0.15, 0.2) is 0 Å². The molecule has 3 amide bonds. The highest BCUT2D eigenvalue weighted by Gasteiger charge is 2.30. The molecule has 7 heteroatoms. The number of likely N-dealkylation sites (tertiary alicyclic amines) is 1. The number of carbonyl (C=O) groups is 3. The topological polar surface area (TPSA) is 78.5 Å². The lowest BCUT2D eigenvalue weighted by Gasteiger charge is -2.33. The molecule has 4 rings (SSSR count). The first-order chi connectivity index (χ1) is 16.5. The van der Waals surface area contributed by atoms with Gasteiger partial charge in [-0.05, 0) is 74.2 Å². The quantitative estimate of drug-likeness (QED) is 0.570. The van der Waals surface area contributed by atoms with Crippen LogP contribution < -0.4 is 10.6 Å². The predicted octanol–water partition coefficient (Wildman–Crippen LogP) is 5.28. The van der Waals surface area contributed by atoms with E-state index < -0.39 is 0 Å². The van der Waals surface area contributed by atoms with E-state index in [1.807, 2.05) is 0 Å². The zero-order valence-electron chi connectivity index (χ0n) is 19.4. The maximum Gasteiger partial charge on any atom is 0.255 e. The number of amides is 3. The summed E-state index contributed by atoms with van der Waals surface area (Å²) in [5.41, 5.74) is 1.66. The van der Waals surface area contributed by atoms with E-state index in [0.29, 0.717) is 34.9 Å². The first-order valence-electron chi connectivity index (χ1n) is 12.3. The Kier molecular flexibility index (Phi) is 8.22. The molecule has 0 unspecified atom stereocenters. The minimum Gasteiger partial charge on any atom is -0.353 e. The third kappa shape index (κ3) is 6.38. The predicted molar refractivity (Wildman–Crippen MR) is 134 cm³/mol. The number of hydrogen-bond donors (Lipinski definition) is 2. The Morgan fingerprint density at radius 1 is 0.794 bits per heavy atom. The Bertz CT molecular complexity index is 999. The van der Waals surface area contributed by atoms with Crippen LogP contribution in [0.15, 0.2) is 48.5 Å². The normalized spacial score (nSPS) is 19.2. The van der Waals surface area contributed by atoms with Gasteiger partial charge in [-0.2, -0.15) is 0 Å². The molecule has 1 aliphatic carbocycles. The standard InChI is InChI=1S/C27H32ClN3O3/c28-22-13-9-19(10-14-22)25(32)30-24-15-11-20(12-16-24)27(34)31-17-5-6-21(18-31)26(33)29-23-7-3-1-2-4-8-23/h9-16,21,23H,1-8,17-18H2,(H,29,33)(H,30,32)/t21-/m1/s1. The summed E-state index contributed by atoms with van der Waals surface area (Å²) in [7, 11) is 0. The number of nitrogens with one attached hydrogen (secondary N) is 2. The van der Waals surface area contributed by atoms with Crippen molar-refractivity contribution in [2.24, 2.45) is 5.92 Å². The molecule has 0 radical (unpaired) electrons. The zero-order valence-corrected chi connectivity index (χ0v) is 20.2. The van der Waals surface area contributed by atoms with Crippen molar-refractivity contribution in [2.45, 2.75) is 57.4 Å². The maximum atomic E-state index is 13.1. The molecule has 1 heterocycles. The van der Waals surface area contributed by atoms with Gasteiger partial charge in [-0.1, -0.05) is 37.3 Å². The third-order valence-electron chi connectivity index (χ3n) is 6.78. The Morgan fingerprint density at radius 3 is 2.12 bits per heavy atom. The Hall–Kier alpha value is -2.86. The van der Waals surface area contributed by atoms with E-state index in [1.165, 1.54) is 25.7 Å². The largest absolute Gasteiger partial charge is 0.353 e. The average molecular weight is 482 g/mol. The van der Waals surface area contributed by atoms with Crippen molar-refractivity contribution < 1.29 is 14.4 Å². The molecule has 2 aliphatic rings. The van der Waals surface area contributed by atoms with Gasteiger partial charge in [0.2, 0.25) is 5.91 Å². The van der Waals surface area contributed by atoms with Gasteiger partial charge in [0.25, 0.3) is 11.8 Å². The van der Waals surface area contributed by atoms with Crippen LogP contribution in [0.1, 0.15) is 72.1 Å². The molecular weight excluding hydrogens is 450 g/mol. The number of hydrogen-bond acceptors (Lipinski definition) is 3. The molecule has 1 saturated heterocycles. The van der Waals surface area contributed by atoms with E-state index in [-0.39, 0.29) is 29.7 Å². The molecule has 0 aromatic heterocycles. The van der Waals surface area contributed by atoms with Crippen LogP contribution in [0.5, 0.6) is 0 Å². The first-order valence-corrected chi connectivity index (χ1v) is 12.6. The molecule has 0 bridgehead atoms. The molecular formula is C27H32ClN3O3. The monoisotopic (exact) mass is 481 g/mol. The highest BCUT2D eigenvalue weighted by atomic mass is 35.5. The lowest BCUT2D eigenvalue weighted by molar-refractivity contribution is -0.127. The van der Waals surface area contributed by atoms with E-state index in [2.05, 4.69) is 10.6 Å². The van der Waals surface area contributed by atoms with Crippen LogP contribution in [0.4, 0.5) is 5.69 Å². The van der Waals surface area contributed by atoms with Crippen LogP contribution in [0, 0.1) is 5.92 Å². The summed E-state index contributed by atoms with van der Waals surface area (Å²) in [6.07, 6.45) is 8.61. The summed E-state index contributed by atoms with van der Waals surface area (Å²) in [4.78, 5) is 40.1. The van der Waals surface area contributed by atoms with E-state index >= 15 is 0 Å². The second-order valence-corrected chi connectivity index (χ2v) is 9.76. The summed E-state index contributed by atoms with van der Waals surface area (Å²) in [6.45, 7) is 1.10. The van der Waals surface area contributed by atoms with Crippen molar-refractivity contribution in [3.63, 3.8) is 0 Å². The number of halogens is 1. The van der Waals surface area contributed by atoms with Crippen molar-refractivity contribution in [3.8, 4) is 0 Å². The van der Waals surface area contributed by atoms with E-state index in [4.69, 9.17) is 11.6 Å². The number of carbonyl (C=O) groups excluding carboxylic acids is 3. The lowest BCUT2D eigenvalue weighted by atomic mass is 9.95. The number of anilines is 1. The molecule has 2 aromatic rings. The minimum absolute atomic E-state index is 0.0810. The fraction of sp³-hybridized carbons (Fsp3) is 0.444. The molecule has 1 aliphatic heterocycles. The van der Waals surface area contributed by atoms with Crippen molar-refractivity contribution in [1.29, 1.82) is 0 Å². The van der Waals surface area contributed by atoms with E-state index in [0.717, 1.165) is 25.7 Å². The number of benzene rings is 2. The fourth-order valence-electron chi connectivity index (χ4n) is 4.80. The molecule has 0 spiro atoms. The second kappa shape index (κ2) is 11.5. The Morgan fingerprint density at radius 2 is 1.44 bits per heavy atom. The smallest absolute Gasteiger partial charge is 0.255 e. The number of piperidine rings is 1. The van der Waals surface area contributed by atoms with Crippen LogP contribution >= 0.6 is 11.6 Å². The van der Waals surface area contributed by atoms with Crippen molar-refractivity contribution in [1.82, 2.24) is 10.2 Å². The average Bonchev–Trinajstić information content (AvgIpc) is 3.13. The molecule has 180 valence electrons. The van der Waals surface area contributed by atoms with Crippen molar-refractivity contribution in [3.05, 3.63) is 64.7 Å².